The molecule has 24 heavy (non-hydrogen) atoms. The molecule has 0 fully saturated rings. The van der Waals surface area contributed by atoms with Gasteiger partial charge in [0.05, 0.1) is 0 Å². The Hall–Kier alpha value is -1.37. The van der Waals surface area contributed by atoms with E-state index in [2.05, 4.69) is 19.6 Å². The van der Waals surface area contributed by atoms with Crippen LogP contribution in [-0.2, 0) is 6.42 Å². The van der Waals surface area contributed by atoms with E-state index in [1.807, 2.05) is 18.2 Å². The second-order valence-electron chi connectivity index (χ2n) is 6.97. The number of carbonyl (C=O) groups is 1. The molecule has 0 radical (unpaired) electrons. The number of rotatable bonds is 15. The van der Waals surface area contributed by atoms with Crippen LogP contribution in [0.1, 0.15) is 105 Å². The van der Waals surface area contributed by atoms with Crippen molar-refractivity contribution >= 4 is 12.4 Å². The maximum Gasteiger partial charge on any atom is 0.150 e. The summed E-state index contributed by atoms with van der Waals surface area (Å²) in [4.78, 5) is 11.0. The fourth-order valence-electron chi connectivity index (χ4n) is 3.25. The van der Waals surface area contributed by atoms with Crippen molar-refractivity contribution in [2.24, 2.45) is 0 Å². The molecule has 0 saturated heterocycles. The molecular formula is C23H36O. The number of unbranched alkanes of at least 4 members (excludes halogenated alkanes) is 11. The summed E-state index contributed by atoms with van der Waals surface area (Å²) < 4.78 is 0. The van der Waals surface area contributed by atoms with Crippen LogP contribution in [0.5, 0.6) is 0 Å². The highest BCUT2D eigenvalue weighted by molar-refractivity contribution is 5.76. The van der Waals surface area contributed by atoms with E-state index in [0.29, 0.717) is 0 Å². The van der Waals surface area contributed by atoms with Crippen molar-refractivity contribution in [2.75, 3.05) is 0 Å². The molecular weight excluding hydrogens is 292 g/mol. The molecule has 0 atom stereocenters. The quantitative estimate of drug-likeness (QED) is 0.242. The summed E-state index contributed by atoms with van der Waals surface area (Å²) in [7, 11) is 0. The summed E-state index contributed by atoms with van der Waals surface area (Å²) in [6.45, 7) is 6.07. The highest BCUT2D eigenvalue weighted by atomic mass is 16.1. The topological polar surface area (TPSA) is 17.1 Å². The van der Waals surface area contributed by atoms with Gasteiger partial charge < -0.3 is 0 Å². The number of hydrogen-bond donors (Lipinski definition) is 0. The Morgan fingerprint density at radius 2 is 1.25 bits per heavy atom. The van der Waals surface area contributed by atoms with Crippen molar-refractivity contribution in [3.05, 3.63) is 41.5 Å². The smallest absolute Gasteiger partial charge is 0.150 e. The molecule has 0 unspecified atom stereocenters. The molecule has 0 aliphatic heterocycles. The molecule has 1 nitrogen and oxygen atoms in total. The second-order valence-corrected chi connectivity index (χ2v) is 6.97. The van der Waals surface area contributed by atoms with Gasteiger partial charge in [-0.25, -0.2) is 0 Å². The molecule has 134 valence electrons. The molecule has 0 aromatic heterocycles. The summed E-state index contributed by atoms with van der Waals surface area (Å²) in [6.07, 6.45) is 20.3. The summed E-state index contributed by atoms with van der Waals surface area (Å²) in [5.41, 5.74) is 3.08. The molecule has 0 aliphatic carbocycles. The van der Waals surface area contributed by atoms with Gasteiger partial charge in [-0.2, -0.15) is 0 Å². The molecule has 0 saturated carbocycles. The Balaban J connectivity index is 2.02. The standard InChI is InChI=1S/C23H36O/c1-3-5-6-7-8-9-10-11-12-13-14-15-16-22-17-21(4-2)18-23(19-22)20-24/h4,17-20H,2-3,5-16H2,1H3. The molecule has 0 heterocycles. The van der Waals surface area contributed by atoms with E-state index >= 15 is 0 Å². The summed E-state index contributed by atoms with van der Waals surface area (Å²) in [6, 6.07) is 6.06. The van der Waals surface area contributed by atoms with Crippen LogP contribution in [0.4, 0.5) is 0 Å². The van der Waals surface area contributed by atoms with Gasteiger partial charge in [0, 0.05) is 5.56 Å². The van der Waals surface area contributed by atoms with E-state index in [-0.39, 0.29) is 0 Å². The third-order valence-corrected chi connectivity index (χ3v) is 4.73. The van der Waals surface area contributed by atoms with Crippen LogP contribution < -0.4 is 0 Å². The van der Waals surface area contributed by atoms with Crippen LogP contribution in [0.3, 0.4) is 0 Å². The zero-order chi connectivity index (χ0) is 17.5. The minimum atomic E-state index is 0.765. The molecule has 1 heteroatoms. The van der Waals surface area contributed by atoms with Crippen LogP contribution in [0.2, 0.25) is 0 Å². The van der Waals surface area contributed by atoms with Gasteiger partial charge in [-0.1, -0.05) is 96.3 Å². The second kappa shape index (κ2) is 14.0. The highest BCUT2D eigenvalue weighted by Crippen LogP contribution is 2.15. The van der Waals surface area contributed by atoms with Gasteiger partial charge in [0.2, 0.25) is 0 Å². The molecule has 0 N–H and O–H groups in total. The Morgan fingerprint density at radius 3 is 1.75 bits per heavy atom. The average Bonchev–Trinajstić information content (AvgIpc) is 2.62. The van der Waals surface area contributed by atoms with Crippen LogP contribution in [0, 0.1) is 0 Å². The summed E-state index contributed by atoms with van der Waals surface area (Å²) in [5.74, 6) is 0. The first kappa shape index (κ1) is 20.7. The highest BCUT2D eigenvalue weighted by Gasteiger charge is 2.00. The Kier molecular flexibility index (Phi) is 12.1. The third kappa shape index (κ3) is 9.70. The fourth-order valence-corrected chi connectivity index (χ4v) is 3.25. The monoisotopic (exact) mass is 328 g/mol. The van der Waals surface area contributed by atoms with Gasteiger partial charge in [0.25, 0.3) is 0 Å². The van der Waals surface area contributed by atoms with E-state index < -0.39 is 0 Å². The number of benzene rings is 1. The first-order valence-corrected chi connectivity index (χ1v) is 10.0. The minimum Gasteiger partial charge on any atom is -0.298 e. The van der Waals surface area contributed by atoms with E-state index in [4.69, 9.17) is 0 Å². The zero-order valence-corrected chi connectivity index (χ0v) is 15.7. The number of aldehydes is 1. The predicted octanol–water partition coefficient (Wildman–Crippen LogP) is 7.39. The van der Waals surface area contributed by atoms with Crippen molar-refractivity contribution in [3.63, 3.8) is 0 Å². The lowest BCUT2D eigenvalue weighted by atomic mass is 10.0. The lowest BCUT2D eigenvalue weighted by Gasteiger charge is -2.05. The van der Waals surface area contributed by atoms with Gasteiger partial charge in [-0.15, -0.1) is 0 Å². The van der Waals surface area contributed by atoms with Gasteiger partial charge >= 0.3 is 0 Å². The Labute approximate surface area is 149 Å². The van der Waals surface area contributed by atoms with Gasteiger partial charge in [0.1, 0.15) is 6.29 Å². The van der Waals surface area contributed by atoms with Crippen LogP contribution in [0.25, 0.3) is 6.08 Å². The lowest BCUT2D eigenvalue weighted by Crippen LogP contribution is -1.91. The fraction of sp³-hybridized carbons (Fsp3) is 0.609. The van der Waals surface area contributed by atoms with E-state index in [1.54, 1.807) is 0 Å². The van der Waals surface area contributed by atoms with Gasteiger partial charge in [0.15, 0.2) is 0 Å². The number of carbonyl (C=O) groups excluding carboxylic acids is 1. The van der Waals surface area contributed by atoms with Crippen LogP contribution >= 0.6 is 0 Å². The number of hydrogen-bond acceptors (Lipinski definition) is 1. The predicted molar refractivity (Wildman–Crippen MR) is 107 cm³/mol. The normalized spacial score (nSPS) is 10.7. The minimum absolute atomic E-state index is 0.765. The molecule has 0 spiro atoms. The number of aryl methyl sites for hydroxylation is 1. The van der Waals surface area contributed by atoms with Crippen molar-refractivity contribution in [2.45, 2.75) is 90.4 Å². The maximum atomic E-state index is 11.0. The van der Waals surface area contributed by atoms with Crippen LogP contribution in [0.15, 0.2) is 24.8 Å². The molecule has 1 aromatic rings. The van der Waals surface area contributed by atoms with E-state index in [9.17, 15) is 4.79 Å². The third-order valence-electron chi connectivity index (χ3n) is 4.73. The maximum absolute atomic E-state index is 11.0. The summed E-state index contributed by atoms with van der Waals surface area (Å²) >= 11 is 0. The van der Waals surface area contributed by atoms with Gasteiger partial charge in [-0.3, -0.25) is 4.79 Å². The Morgan fingerprint density at radius 1 is 0.750 bits per heavy atom. The largest absolute Gasteiger partial charge is 0.298 e. The molecule has 0 amide bonds. The summed E-state index contributed by atoms with van der Waals surface area (Å²) in [5, 5.41) is 0. The first-order chi connectivity index (χ1) is 11.8. The molecule has 0 aliphatic rings. The molecule has 0 bridgehead atoms. The van der Waals surface area contributed by atoms with Gasteiger partial charge in [-0.05, 0) is 36.1 Å². The Bertz CT molecular complexity index is 435. The van der Waals surface area contributed by atoms with Crippen molar-refractivity contribution < 1.29 is 4.79 Å². The SMILES string of the molecule is C=Cc1cc(C=O)cc(CCCCCCCCCCCCCC)c1. The lowest BCUT2D eigenvalue weighted by molar-refractivity contribution is 0.112. The van der Waals surface area contributed by atoms with E-state index in [1.165, 1.54) is 82.6 Å². The van der Waals surface area contributed by atoms with Crippen molar-refractivity contribution in [1.29, 1.82) is 0 Å². The van der Waals surface area contributed by atoms with E-state index in [0.717, 1.165) is 23.8 Å². The zero-order valence-electron chi connectivity index (χ0n) is 15.7. The molecule has 1 aromatic carbocycles. The van der Waals surface area contributed by atoms with Crippen LogP contribution in [-0.4, -0.2) is 6.29 Å². The molecule has 1 rings (SSSR count). The van der Waals surface area contributed by atoms with Crippen molar-refractivity contribution in [1.82, 2.24) is 0 Å². The van der Waals surface area contributed by atoms with Crippen molar-refractivity contribution in [3.8, 4) is 0 Å². The first-order valence-electron chi connectivity index (χ1n) is 10.0. The average molecular weight is 329 g/mol.